The van der Waals surface area contributed by atoms with Gasteiger partial charge in [-0.05, 0) is 12.1 Å². The molecule has 3 nitrogen and oxygen atoms in total. The van der Waals surface area contributed by atoms with Gasteiger partial charge >= 0.3 is 29.6 Å². The molecule has 1 aromatic rings. The molecule has 0 aromatic heterocycles. The summed E-state index contributed by atoms with van der Waals surface area (Å²) in [6.07, 6.45) is 0. The van der Waals surface area contributed by atoms with Gasteiger partial charge < -0.3 is 15.6 Å². The topological polar surface area (TPSA) is 66.2 Å². The molecule has 13 heavy (non-hydrogen) atoms. The van der Waals surface area contributed by atoms with Crippen molar-refractivity contribution in [2.24, 2.45) is 0 Å². The van der Waals surface area contributed by atoms with Gasteiger partial charge in [0.1, 0.15) is 0 Å². The third-order valence-corrected chi connectivity index (χ3v) is 1.85. The molecule has 0 amide bonds. The number of rotatable bonds is 1. The summed E-state index contributed by atoms with van der Waals surface area (Å²) in [6.45, 7) is 0. The summed E-state index contributed by atoms with van der Waals surface area (Å²) in [4.78, 5) is 10.4. The first-order chi connectivity index (χ1) is 5.52. The van der Waals surface area contributed by atoms with Gasteiger partial charge in [-0.15, -0.1) is 0 Å². The second-order valence-corrected chi connectivity index (χ2v) is 2.98. The minimum absolute atomic E-state index is 0. The molecule has 2 N–H and O–H groups in total. The predicted octanol–water partition coefficient (Wildman–Crippen LogP) is -2.06. The van der Waals surface area contributed by atoms with Gasteiger partial charge in [0.05, 0.1) is 16.7 Å². The van der Waals surface area contributed by atoms with Crippen LogP contribution < -0.4 is 40.4 Å². The molecule has 0 aliphatic rings. The number of benzene rings is 1. The summed E-state index contributed by atoms with van der Waals surface area (Å²) in [6, 6.07) is 2.56. The Balaban J connectivity index is 0.00000144. The van der Waals surface area contributed by atoms with Crippen molar-refractivity contribution in [3.05, 3.63) is 27.7 Å². The van der Waals surface area contributed by atoms with E-state index in [2.05, 4.69) is 0 Å². The molecule has 1 rings (SSSR count). The normalized spacial score (nSPS) is 9.08. The average molecular weight is 228 g/mol. The first-order valence-electron chi connectivity index (χ1n) is 2.98. The molecular weight excluding hydrogens is 224 g/mol. The van der Waals surface area contributed by atoms with Crippen LogP contribution in [0.15, 0.2) is 12.1 Å². The molecular formula is C7H4Cl2NNaO2. The average Bonchev–Trinajstić information content (AvgIpc) is 1.96. The molecule has 64 valence electrons. The van der Waals surface area contributed by atoms with Gasteiger partial charge in [-0.3, -0.25) is 0 Å². The van der Waals surface area contributed by atoms with E-state index in [0.717, 1.165) is 0 Å². The van der Waals surface area contributed by atoms with Gasteiger partial charge in [-0.1, -0.05) is 23.2 Å². The molecule has 0 spiro atoms. The molecule has 0 heterocycles. The third kappa shape index (κ3) is 3.04. The van der Waals surface area contributed by atoms with Crippen molar-refractivity contribution in [3.8, 4) is 0 Å². The van der Waals surface area contributed by atoms with E-state index in [1.165, 1.54) is 12.1 Å². The minimum Gasteiger partial charge on any atom is -0.545 e. The van der Waals surface area contributed by atoms with E-state index in [1.54, 1.807) is 0 Å². The Hall–Kier alpha value is 0.0700. The second-order valence-electron chi connectivity index (χ2n) is 2.14. The predicted molar refractivity (Wildman–Crippen MR) is 45.2 cm³/mol. The molecule has 1 aromatic carbocycles. The summed E-state index contributed by atoms with van der Waals surface area (Å²) in [7, 11) is 0. The number of nitrogens with two attached hydrogens (primary N) is 1. The standard InChI is InChI=1S/C7H5Cl2NO2.Na/c8-3-1-4(7(11)12)6(10)5(9)2-3;/h1-2H,10H2,(H,11,12);/q;+1/p-1. The van der Waals surface area contributed by atoms with Crippen molar-refractivity contribution in [1.82, 2.24) is 0 Å². The van der Waals surface area contributed by atoms with Crippen LogP contribution in [0.1, 0.15) is 10.4 Å². The maximum Gasteiger partial charge on any atom is 1.00 e. The number of anilines is 1. The van der Waals surface area contributed by atoms with Crippen LogP contribution in [0.5, 0.6) is 0 Å². The van der Waals surface area contributed by atoms with Crippen molar-refractivity contribution in [2.75, 3.05) is 5.73 Å². The summed E-state index contributed by atoms with van der Waals surface area (Å²) in [5.41, 5.74) is 5.13. The van der Waals surface area contributed by atoms with Crippen molar-refractivity contribution in [3.63, 3.8) is 0 Å². The Kier molecular flexibility index (Phi) is 5.10. The molecule has 0 radical (unpaired) electrons. The molecule has 0 aliphatic heterocycles. The summed E-state index contributed by atoms with van der Waals surface area (Å²) in [5.74, 6) is -1.39. The number of carbonyl (C=O) groups is 1. The molecule has 0 saturated carbocycles. The minimum atomic E-state index is -1.39. The Morgan fingerprint density at radius 2 is 1.92 bits per heavy atom. The number of carboxylic acids is 1. The molecule has 0 unspecified atom stereocenters. The SMILES string of the molecule is Nc1c(Cl)cc(Cl)cc1C(=O)[O-].[Na+]. The number of nitrogen functional groups attached to an aromatic ring is 1. The Morgan fingerprint density at radius 1 is 1.38 bits per heavy atom. The maximum atomic E-state index is 10.4. The van der Waals surface area contributed by atoms with Gasteiger partial charge in [-0.2, -0.15) is 0 Å². The van der Waals surface area contributed by atoms with Crippen LogP contribution in [0.25, 0.3) is 0 Å². The first-order valence-corrected chi connectivity index (χ1v) is 3.74. The largest absolute Gasteiger partial charge is 1.00 e. The van der Waals surface area contributed by atoms with Crippen LogP contribution in [0.4, 0.5) is 5.69 Å². The molecule has 6 heteroatoms. The first kappa shape index (κ1) is 13.1. The zero-order chi connectivity index (χ0) is 9.30. The second kappa shape index (κ2) is 5.08. The van der Waals surface area contributed by atoms with Crippen LogP contribution in [-0.4, -0.2) is 5.97 Å². The number of hydrogen-bond acceptors (Lipinski definition) is 3. The van der Waals surface area contributed by atoms with E-state index in [0.29, 0.717) is 0 Å². The Labute approximate surface area is 107 Å². The number of hydrogen-bond donors (Lipinski definition) is 1. The van der Waals surface area contributed by atoms with Gasteiger partial charge in [-0.25, -0.2) is 0 Å². The molecule has 0 saturated heterocycles. The monoisotopic (exact) mass is 227 g/mol. The fraction of sp³-hybridized carbons (Fsp3) is 0. The van der Waals surface area contributed by atoms with Crippen LogP contribution in [0, 0.1) is 0 Å². The quantitative estimate of drug-likeness (QED) is 0.444. The van der Waals surface area contributed by atoms with Crippen LogP contribution in [0.3, 0.4) is 0 Å². The van der Waals surface area contributed by atoms with E-state index in [9.17, 15) is 9.90 Å². The van der Waals surface area contributed by atoms with E-state index < -0.39 is 5.97 Å². The van der Waals surface area contributed by atoms with E-state index in [1.807, 2.05) is 0 Å². The molecule has 0 fully saturated rings. The van der Waals surface area contributed by atoms with E-state index in [-0.39, 0.29) is 50.9 Å². The van der Waals surface area contributed by atoms with Crippen molar-refractivity contribution in [2.45, 2.75) is 0 Å². The van der Waals surface area contributed by atoms with Gasteiger partial charge in [0, 0.05) is 10.6 Å². The fourth-order valence-corrected chi connectivity index (χ4v) is 1.25. The zero-order valence-electron chi connectivity index (χ0n) is 6.80. The molecule has 0 aliphatic carbocycles. The maximum absolute atomic E-state index is 10.4. The van der Waals surface area contributed by atoms with Gasteiger partial charge in [0.15, 0.2) is 0 Å². The number of halogens is 2. The zero-order valence-corrected chi connectivity index (χ0v) is 10.3. The van der Waals surface area contributed by atoms with Crippen molar-refractivity contribution < 1.29 is 39.5 Å². The van der Waals surface area contributed by atoms with Crippen LogP contribution in [-0.2, 0) is 0 Å². The summed E-state index contributed by atoms with van der Waals surface area (Å²) < 4.78 is 0. The third-order valence-electron chi connectivity index (χ3n) is 1.31. The smallest absolute Gasteiger partial charge is 0.545 e. The number of carbonyl (C=O) groups excluding carboxylic acids is 1. The van der Waals surface area contributed by atoms with Crippen molar-refractivity contribution in [1.29, 1.82) is 0 Å². The summed E-state index contributed by atoms with van der Waals surface area (Å²) >= 11 is 11.1. The van der Waals surface area contributed by atoms with Crippen LogP contribution >= 0.6 is 23.2 Å². The summed E-state index contributed by atoms with van der Waals surface area (Å²) in [5, 5.41) is 10.7. The van der Waals surface area contributed by atoms with Gasteiger partial charge in [0.2, 0.25) is 0 Å². The Morgan fingerprint density at radius 3 is 2.38 bits per heavy atom. The number of aromatic carboxylic acids is 1. The van der Waals surface area contributed by atoms with E-state index >= 15 is 0 Å². The molecule has 0 bridgehead atoms. The molecule has 0 atom stereocenters. The Bertz CT molecular complexity index is 344. The fourth-order valence-electron chi connectivity index (χ4n) is 0.754. The number of carboxylic acid groups (broad SMARTS) is 1. The van der Waals surface area contributed by atoms with E-state index in [4.69, 9.17) is 28.9 Å². The van der Waals surface area contributed by atoms with Crippen LogP contribution in [0.2, 0.25) is 10.0 Å². The van der Waals surface area contributed by atoms with Crippen molar-refractivity contribution >= 4 is 34.9 Å². The van der Waals surface area contributed by atoms with Gasteiger partial charge in [0.25, 0.3) is 0 Å².